The molecule has 5 heteroatoms. The summed E-state index contributed by atoms with van der Waals surface area (Å²) in [5, 5.41) is 20.7. The van der Waals surface area contributed by atoms with E-state index in [1.807, 2.05) is 12.1 Å². The highest BCUT2D eigenvalue weighted by Gasteiger charge is 1.97. The fourth-order valence-corrected chi connectivity index (χ4v) is 1.54. The molecule has 1 rings (SSSR count). The van der Waals surface area contributed by atoms with Crippen molar-refractivity contribution in [1.82, 2.24) is 0 Å². The predicted octanol–water partition coefficient (Wildman–Crippen LogP) is 3.46. The van der Waals surface area contributed by atoms with Crippen LogP contribution in [0.1, 0.15) is 32.6 Å². The summed E-state index contributed by atoms with van der Waals surface area (Å²) in [5.74, 6) is 0.803. The van der Waals surface area contributed by atoms with Crippen molar-refractivity contribution in [3.63, 3.8) is 0 Å². The number of nitrogens with zero attached hydrogens (tertiary/aromatic N) is 3. The molecule has 0 atom stereocenters. The second kappa shape index (κ2) is 9.41. The molecule has 0 spiro atoms. The van der Waals surface area contributed by atoms with Crippen LogP contribution < -0.4 is 10.2 Å². The molecule has 0 saturated carbocycles. The Labute approximate surface area is 119 Å². The molecule has 20 heavy (non-hydrogen) atoms. The number of hydrazone groups is 1. The Morgan fingerprint density at radius 2 is 1.85 bits per heavy atom. The summed E-state index contributed by atoms with van der Waals surface area (Å²) >= 11 is 0. The Kier molecular flexibility index (Phi) is 7.30. The highest BCUT2D eigenvalue weighted by Crippen LogP contribution is 2.16. The number of hydrogen-bond acceptors (Lipinski definition) is 5. The first-order valence-electron chi connectivity index (χ1n) is 6.67. The topological polar surface area (TPSA) is 81.2 Å². The minimum atomic E-state index is -0.207. The highest BCUT2D eigenvalue weighted by molar-refractivity contribution is 6.10. The lowest BCUT2D eigenvalue weighted by atomic mass is 10.2. The third kappa shape index (κ3) is 5.88. The van der Waals surface area contributed by atoms with E-state index >= 15 is 0 Å². The molecule has 1 N–H and O–H groups in total. The number of benzene rings is 1. The molecule has 0 aromatic heterocycles. The van der Waals surface area contributed by atoms with Gasteiger partial charge in [0.1, 0.15) is 17.9 Å². The molecular formula is C15H18N4O. The van der Waals surface area contributed by atoms with Crippen LogP contribution >= 0.6 is 0 Å². The van der Waals surface area contributed by atoms with Gasteiger partial charge in [0.05, 0.1) is 12.3 Å². The number of unbranched alkanes of at least 4 members (excludes halogenated alkanes) is 3. The molecule has 1 aromatic carbocycles. The summed E-state index contributed by atoms with van der Waals surface area (Å²) in [5.41, 5.74) is 3.14. The monoisotopic (exact) mass is 270 g/mol. The second-order valence-electron chi connectivity index (χ2n) is 4.23. The minimum absolute atomic E-state index is 0.207. The SMILES string of the molecule is CCCCCCOc1ccc(NN=C(C#N)C#N)cc1. The van der Waals surface area contributed by atoms with Gasteiger partial charge in [-0.05, 0) is 30.7 Å². The number of nitriles is 2. The normalized spacial score (nSPS) is 9.15. The van der Waals surface area contributed by atoms with Crippen LogP contribution in [0.4, 0.5) is 5.69 Å². The van der Waals surface area contributed by atoms with E-state index in [0.717, 1.165) is 18.8 Å². The molecule has 0 aliphatic rings. The van der Waals surface area contributed by atoms with E-state index in [1.54, 1.807) is 24.3 Å². The summed E-state index contributed by atoms with van der Waals surface area (Å²) in [6.45, 7) is 2.90. The van der Waals surface area contributed by atoms with Crippen LogP contribution in [0.25, 0.3) is 0 Å². The standard InChI is InChI=1S/C15H18N4O/c1-2-3-4-5-10-20-15-8-6-13(7-9-15)18-19-14(11-16)12-17/h6-9,18H,2-5,10H2,1H3. The first-order chi connectivity index (χ1) is 9.80. The van der Waals surface area contributed by atoms with Crippen LogP contribution in [0.15, 0.2) is 29.4 Å². The molecule has 0 radical (unpaired) electrons. The Morgan fingerprint density at radius 1 is 1.15 bits per heavy atom. The van der Waals surface area contributed by atoms with E-state index in [4.69, 9.17) is 15.3 Å². The van der Waals surface area contributed by atoms with Crippen molar-refractivity contribution < 1.29 is 4.74 Å². The first kappa shape index (κ1) is 15.5. The van der Waals surface area contributed by atoms with E-state index in [1.165, 1.54) is 19.3 Å². The van der Waals surface area contributed by atoms with Crippen LogP contribution in [-0.4, -0.2) is 12.3 Å². The summed E-state index contributed by atoms with van der Waals surface area (Å²) in [6.07, 6.45) is 4.71. The van der Waals surface area contributed by atoms with Gasteiger partial charge in [0, 0.05) is 0 Å². The lowest BCUT2D eigenvalue weighted by Gasteiger charge is -2.06. The van der Waals surface area contributed by atoms with E-state index in [0.29, 0.717) is 5.69 Å². The van der Waals surface area contributed by atoms with E-state index in [2.05, 4.69) is 17.5 Å². The molecule has 0 amide bonds. The first-order valence-corrected chi connectivity index (χ1v) is 6.67. The summed E-state index contributed by atoms with van der Waals surface area (Å²) in [7, 11) is 0. The molecule has 0 unspecified atom stereocenters. The zero-order valence-corrected chi connectivity index (χ0v) is 11.6. The number of rotatable bonds is 8. The maximum absolute atomic E-state index is 8.54. The zero-order chi connectivity index (χ0) is 14.6. The molecule has 0 saturated heterocycles. The Morgan fingerprint density at radius 3 is 2.45 bits per heavy atom. The maximum Gasteiger partial charge on any atom is 0.237 e. The predicted molar refractivity (Wildman–Crippen MR) is 78.4 cm³/mol. The van der Waals surface area contributed by atoms with Gasteiger partial charge in [0.2, 0.25) is 5.71 Å². The summed E-state index contributed by atoms with van der Waals surface area (Å²) in [4.78, 5) is 0. The molecule has 1 aromatic rings. The number of ether oxygens (including phenoxy) is 1. The van der Waals surface area contributed by atoms with Crippen LogP contribution in [0.5, 0.6) is 5.75 Å². The van der Waals surface area contributed by atoms with Gasteiger partial charge < -0.3 is 4.74 Å². The van der Waals surface area contributed by atoms with E-state index in [9.17, 15) is 0 Å². The van der Waals surface area contributed by atoms with E-state index < -0.39 is 0 Å². The van der Waals surface area contributed by atoms with Crippen LogP contribution in [0.3, 0.4) is 0 Å². The van der Waals surface area contributed by atoms with Crippen molar-refractivity contribution in [1.29, 1.82) is 10.5 Å². The highest BCUT2D eigenvalue weighted by atomic mass is 16.5. The molecule has 104 valence electrons. The fraction of sp³-hybridized carbons (Fsp3) is 0.400. The molecule has 0 bridgehead atoms. The van der Waals surface area contributed by atoms with Gasteiger partial charge in [0.15, 0.2) is 0 Å². The average Bonchev–Trinajstić information content (AvgIpc) is 2.49. The number of hydrogen-bond donors (Lipinski definition) is 1. The van der Waals surface area contributed by atoms with Crippen LogP contribution in [0, 0.1) is 22.7 Å². The third-order valence-electron chi connectivity index (χ3n) is 2.63. The Bertz CT molecular complexity index is 492. The van der Waals surface area contributed by atoms with Gasteiger partial charge in [-0.2, -0.15) is 15.6 Å². The van der Waals surface area contributed by atoms with Crippen LogP contribution in [-0.2, 0) is 0 Å². The van der Waals surface area contributed by atoms with Crippen molar-refractivity contribution in [3.8, 4) is 17.9 Å². The van der Waals surface area contributed by atoms with Gasteiger partial charge in [-0.25, -0.2) is 0 Å². The second-order valence-corrected chi connectivity index (χ2v) is 4.23. The Balaban J connectivity index is 2.39. The van der Waals surface area contributed by atoms with Gasteiger partial charge >= 0.3 is 0 Å². The fourth-order valence-electron chi connectivity index (χ4n) is 1.54. The lowest BCUT2D eigenvalue weighted by molar-refractivity contribution is 0.305. The molecule has 5 nitrogen and oxygen atoms in total. The third-order valence-corrected chi connectivity index (χ3v) is 2.63. The molecule has 0 aliphatic heterocycles. The molecule has 0 fully saturated rings. The quantitative estimate of drug-likeness (QED) is 0.445. The average molecular weight is 270 g/mol. The lowest BCUT2D eigenvalue weighted by Crippen LogP contribution is -1.98. The minimum Gasteiger partial charge on any atom is -0.494 e. The number of anilines is 1. The largest absolute Gasteiger partial charge is 0.494 e. The van der Waals surface area contributed by atoms with Gasteiger partial charge in [-0.15, -0.1) is 0 Å². The van der Waals surface area contributed by atoms with Crippen molar-refractivity contribution in [2.24, 2.45) is 5.10 Å². The smallest absolute Gasteiger partial charge is 0.237 e. The maximum atomic E-state index is 8.54. The summed E-state index contributed by atoms with van der Waals surface area (Å²) in [6, 6.07) is 10.6. The van der Waals surface area contributed by atoms with Crippen molar-refractivity contribution in [2.75, 3.05) is 12.0 Å². The number of nitrogens with one attached hydrogen (secondary N) is 1. The van der Waals surface area contributed by atoms with Gasteiger partial charge in [-0.3, -0.25) is 5.43 Å². The van der Waals surface area contributed by atoms with Crippen molar-refractivity contribution in [2.45, 2.75) is 32.6 Å². The van der Waals surface area contributed by atoms with Crippen LogP contribution in [0.2, 0.25) is 0 Å². The molecular weight excluding hydrogens is 252 g/mol. The van der Waals surface area contributed by atoms with Gasteiger partial charge in [0.25, 0.3) is 0 Å². The summed E-state index contributed by atoms with van der Waals surface area (Å²) < 4.78 is 5.61. The van der Waals surface area contributed by atoms with Gasteiger partial charge in [-0.1, -0.05) is 26.2 Å². The van der Waals surface area contributed by atoms with Crippen molar-refractivity contribution >= 4 is 11.4 Å². The Hall–Kier alpha value is -2.53. The zero-order valence-electron chi connectivity index (χ0n) is 11.6. The van der Waals surface area contributed by atoms with Crippen molar-refractivity contribution in [3.05, 3.63) is 24.3 Å². The van der Waals surface area contributed by atoms with E-state index in [-0.39, 0.29) is 5.71 Å². The molecule has 0 aliphatic carbocycles. The molecule has 0 heterocycles.